The van der Waals surface area contributed by atoms with Crippen LogP contribution in [0.3, 0.4) is 0 Å². The Balaban J connectivity index is 1.93. The first-order chi connectivity index (χ1) is 15.0. The number of fused-ring (bicyclic) bond motifs is 1. The van der Waals surface area contributed by atoms with Crippen LogP contribution in [0.25, 0.3) is 21.9 Å². The molecule has 0 aliphatic rings. The molecule has 4 aromatic rings. The highest BCUT2D eigenvalue weighted by molar-refractivity contribution is 6.01. The van der Waals surface area contributed by atoms with E-state index in [9.17, 15) is 14.0 Å². The first-order valence-electron chi connectivity index (χ1n) is 9.86. The van der Waals surface area contributed by atoms with E-state index in [2.05, 4.69) is 11.9 Å². The van der Waals surface area contributed by atoms with Crippen molar-refractivity contribution < 1.29 is 9.18 Å². The summed E-state index contributed by atoms with van der Waals surface area (Å²) in [6.07, 6.45) is 3.60. The number of carbonyl (C=O) groups is 1. The Labute approximate surface area is 179 Å². The first-order valence-corrected chi connectivity index (χ1v) is 9.86. The molecule has 31 heavy (non-hydrogen) atoms. The van der Waals surface area contributed by atoms with Gasteiger partial charge < -0.3 is 9.88 Å². The third kappa shape index (κ3) is 4.16. The molecule has 154 valence electrons. The fraction of sp³-hybridized carbons (Fsp3) is 0.0769. The van der Waals surface area contributed by atoms with Crippen LogP contribution < -0.4 is 10.9 Å². The number of hydrogen-bond donors (Lipinski definition) is 1. The van der Waals surface area contributed by atoms with E-state index in [1.54, 1.807) is 23.7 Å². The molecule has 0 bridgehead atoms. The summed E-state index contributed by atoms with van der Waals surface area (Å²) in [5, 5.41) is 4.25. The number of nitrogens with zero attached hydrogens (tertiary/aromatic N) is 1. The molecule has 1 aromatic heterocycles. The molecule has 0 radical (unpaired) electrons. The van der Waals surface area contributed by atoms with E-state index in [4.69, 9.17) is 0 Å². The molecule has 0 saturated heterocycles. The number of benzene rings is 3. The summed E-state index contributed by atoms with van der Waals surface area (Å²) in [4.78, 5) is 24.5. The van der Waals surface area contributed by atoms with Crippen molar-refractivity contribution >= 4 is 22.4 Å². The summed E-state index contributed by atoms with van der Waals surface area (Å²) in [5.41, 5.74) is 4.27. The summed E-state index contributed by atoms with van der Waals surface area (Å²) in [6, 6.07) is 19.5. The van der Waals surface area contributed by atoms with E-state index < -0.39 is 0 Å². The van der Waals surface area contributed by atoms with Crippen LogP contribution in [0.1, 0.15) is 11.1 Å². The van der Waals surface area contributed by atoms with Crippen LogP contribution in [0.4, 0.5) is 10.1 Å². The van der Waals surface area contributed by atoms with Crippen LogP contribution in [-0.4, -0.2) is 10.5 Å². The zero-order valence-electron chi connectivity index (χ0n) is 17.1. The lowest BCUT2D eigenvalue weighted by molar-refractivity contribution is -0.111. The van der Waals surface area contributed by atoms with Crippen LogP contribution in [-0.2, 0) is 18.3 Å². The van der Waals surface area contributed by atoms with Gasteiger partial charge in [0.15, 0.2) is 0 Å². The molecular formula is C26H21FN2O2. The molecule has 5 heteroatoms. The van der Waals surface area contributed by atoms with Gasteiger partial charge in [0.05, 0.1) is 0 Å². The van der Waals surface area contributed by atoms with Gasteiger partial charge in [0.2, 0.25) is 5.91 Å². The highest BCUT2D eigenvalue weighted by Crippen LogP contribution is 2.33. The molecule has 0 atom stereocenters. The van der Waals surface area contributed by atoms with Crippen molar-refractivity contribution in [3.8, 4) is 11.1 Å². The van der Waals surface area contributed by atoms with Crippen LogP contribution in [0.5, 0.6) is 0 Å². The van der Waals surface area contributed by atoms with E-state index >= 15 is 0 Å². The maximum atomic E-state index is 13.4. The summed E-state index contributed by atoms with van der Waals surface area (Å²) < 4.78 is 14.9. The third-order valence-corrected chi connectivity index (χ3v) is 5.25. The Bertz CT molecular complexity index is 1350. The third-order valence-electron chi connectivity index (χ3n) is 5.25. The maximum Gasteiger partial charge on any atom is 0.258 e. The number of nitrogens with one attached hydrogen (secondary N) is 1. The van der Waals surface area contributed by atoms with Gasteiger partial charge in [-0.1, -0.05) is 43.0 Å². The van der Waals surface area contributed by atoms with Crippen LogP contribution >= 0.6 is 0 Å². The number of anilines is 1. The molecule has 4 nitrogen and oxygen atoms in total. The number of hydrogen-bond acceptors (Lipinski definition) is 2. The average molecular weight is 412 g/mol. The number of rotatable bonds is 5. The second-order valence-electron chi connectivity index (χ2n) is 7.37. The quantitative estimate of drug-likeness (QED) is 0.466. The maximum absolute atomic E-state index is 13.4. The summed E-state index contributed by atoms with van der Waals surface area (Å²) in [7, 11) is 1.72. The number of pyridine rings is 1. The molecule has 0 unspecified atom stereocenters. The smallest absolute Gasteiger partial charge is 0.258 e. The van der Waals surface area contributed by atoms with Gasteiger partial charge in [-0.05, 0) is 64.9 Å². The Kier molecular flexibility index (Phi) is 5.50. The van der Waals surface area contributed by atoms with Crippen molar-refractivity contribution in [2.24, 2.45) is 7.05 Å². The molecule has 1 amide bonds. The number of aryl methyl sites for hydroxylation is 1. The van der Waals surface area contributed by atoms with E-state index in [0.29, 0.717) is 17.5 Å². The van der Waals surface area contributed by atoms with E-state index in [1.807, 2.05) is 48.7 Å². The molecule has 0 aliphatic carbocycles. The number of amides is 1. The number of aromatic nitrogens is 1. The van der Waals surface area contributed by atoms with Crippen LogP contribution in [0.2, 0.25) is 0 Å². The normalized spacial score (nSPS) is 10.8. The first kappa shape index (κ1) is 20.3. The van der Waals surface area contributed by atoms with E-state index in [1.165, 1.54) is 18.2 Å². The van der Waals surface area contributed by atoms with Gasteiger partial charge in [-0.15, -0.1) is 0 Å². The minimum atomic E-state index is -0.303. The highest BCUT2D eigenvalue weighted by atomic mass is 19.1. The topological polar surface area (TPSA) is 51.1 Å². The molecule has 0 aliphatic heterocycles. The van der Waals surface area contributed by atoms with Crippen LogP contribution in [0.15, 0.2) is 90.4 Å². The highest BCUT2D eigenvalue weighted by Gasteiger charge is 2.14. The SMILES string of the molecule is C=CC(=O)Nc1ccc(Cc2ccc(F)cc2)c(-c2cn(C)c(=O)c3ccccc23)c1. The Hall–Kier alpha value is -3.99. The second-order valence-corrected chi connectivity index (χ2v) is 7.37. The minimum Gasteiger partial charge on any atom is -0.323 e. The summed E-state index contributed by atoms with van der Waals surface area (Å²) in [5.74, 6) is -0.585. The van der Waals surface area contributed by atoms with Gasteiger partial charge in [0.1, 0.15) is 5.82 Å². The second kappa shape index (κ2) is 8.40. The van der Waals surface area contributed by atoms with Crippen molar-refractivity contribution in [3.63, 3.8) is 0 Å². The largest absolute Gasteiger partial charge is 0.323 e. The van der Waals surface area contributed by atoms with Gasteiger partial charge in [-0.2, -0.15) is 0 Å². The number of carbonyl (C=O) groups excluding carboxylic acids is 1. The minimum absolute atomic E-state index is 0.0736. The molecule has 0 saturated carbocycles. The van der Waals surface area contributed by atoms with Crippen LogP contribution in [0, 0.1) is 5.82 Å². The van der Waals surface area contributed by atoms with Gasteiger partial charge in [-0.3, -0.25) is 9.59 Å². The zero-order chi connectivity index (χ0) is 22.0. The molecule has 1 heterocycles. The van der Waals surface area contributed by atoms with Crippen molar-refractivity contribution in [2.45, 2.75) is 6.42 Å². The molecular weight excluding hydrogens is 391 g/mol. The van der Waals surface area contributed by atoms with Crippen molar-refractivity contribution in [1.82, 2.24) is 4.57 Å². The van der Waals surface area contributed by atoms with Gasteiger partial charge in [0.25, 0.3) is 5.56 Å². The lowest BCUT2D eigenvalue weighted by Gasteiger charge is -2.16. The fourth-order valence-corrected chi connectivity index (χ4v) is 3.71. The Morgan fingerprint density at radius 3 is 2.45 bits per heavy atom. The fourth-order valence-electron chi connectivity index (χ4n) is 3.71. The average Bonchev–Trinajstić information content (AvgIpc) is 2.78. The zero-order valence-corrected chi connectivity index (χ0v) is 17.1. The summed E-state index contributed by atoms with van der Waals surface area (Å²) >= 11 is 0. The van der Waals surface area contributed by atoms with Gasteiger partial charge in [0, 0.05) is 29.9 Å². The molecule has 4 rings (SSSR count). The van der Waals surface area contributed by atoms with Crippen molar-refractivity contribution in [1.29, 1.82) is 0 Å². The molecule has 0 spiro atoms. The van der Waals surface area contributed by atoms with Crippen molar-refractivity contribution in [2.75, 3.05) is 5.32 Å². The van der Waals surface area contributed by atoms with Crippen molar-refractivity contribution in [3.05, 3.63) is 113 Å². The lowest BCUT2D eigenvalue weighted by atomic mass is 9.92. The Morgan fingerprint density at radius 2 is 1.74 bits per heavy atom. The molecule has 1 N–H and O–H groups in total. The van der Waals surface area contributed by atoms with E-state index in [0.717, 1.165) is 27.6 Å². The van der Waals surface area contributed by atoms with Gasteiger partial charge >= 0.3 is 0 Å². The predicted octanol–water partition coefficient (Wildman–Crippen LogP) is 5.06. The lowest BCUT2D eigenvalue weighted by Crippen LogP contribution is -2.16. The monoisotopic (exact) mass is 412 g/mol. The molecule has 0 fully saturated rings. The predicted molar refractivity (Wildman–Crippen MR) is 123 cm³/mol. The molecule has 3 aromatic carbocycles. The standard InChI is InChI=1S/C26H21FN2O2/c1-3-25(30)28-20-13-10-18(14-17-8-11-19(27)12-9-17)23(15-20)24-16-29(2)26(31)22-7-5-4-6-21(22)24/h3-13,15-16H,1,14H2,2H3,(H,28,30). The summed E-state index contributed by atoms with van der Waals surface area (Å²) in [6.45, 7) is 3.50. The van der Waals surface area contributed by atoms with Gasteiger partial charge in [-0.25, -0.2) is 4.39 Å². The van der Waals surface area contributed by atoms with E-state index in [-0.39, 0.29) is 17.3 Å². The number of halogens is 1. The Morgan fingerprint density at radius 1 is 1.03 bits per heavy atom.